The smallest absolute Gasteiger partial charge is 0.239 e. The van der Waals surface area contributed by atoms with Crippen molar-refractivity contribution in [3.8, 4) is 0 Å². The van der Waals surface area contributed by atoms with Crippen LogP contribution in [0.15, 0.2) is 6.33 Å². The molecule has 2 rings (SSSR count). The second-order valence-corrected chi connectivity index (χ2v) is 5.67. The van der Waals surface area contributed by atoms with E-state index in [2.05, 4.69) is 17.1 Å². The molecule has 0 aromatic carbocycles. The third-order valence-corrected chi connectivity index (χ3v) is 4.03. The molecule has 0 radical (unpaired) electrons. The molecule has 1 aliphatic heterocycles. The van der Waals surface area contributed by atoms with E-state index in [1.54, 1.807) is 6.33 Å². The van der Waals surface area contributed by atoms with Gasteiger partial charge in [-0.3, -0.25) is 4.79 Å². The largest absolute Gasteiger partial charge is 0.341 e. The van der Waals surface area contributed by atoms with Gasteiger partial charge in [0.2, 0.25) is 5.91 Å². The number of hydrogen-bond acceptors (Lipinski definition) is 4. The maximum Gasteiger partial charge on any atom is 0.239 e. The van der Waals surface area contributed by atoms with Crippen molar-refractivity contribution in [2.75, 3.05) is 13.1 Å². The molecule has 1 amide bonds. The van der Waals surface area contributed by atoms with Gasteiger partial charge in [0.05, 0.1) is 6.04 Å². The van der Waals surface area contributed by atoms with Gasteiger partial charge in [-0.15, -0.1) is 10.2 Å². The second kappa shape index (κ2) is 6.83. The minimum Gasteiger partial charge on any atom is -0.341 e. The molecule has 2 unspecified atom stereocenters. The number of nitrogens with two attached hydrogens (primary N) is 1. The van der Waals surface area contributed by atoms with E-state index >= 15 is 0 Å². The van der Waals surface area contributed by atoms with E-state index < -0.39 is 0 Å². The quantitative estimate of drug-likeness (QED) is 0.873. The van der Waals surface area contributed by atoms with Crippen LogP contribution in [-0.2, 0) is 11.8 Å². The first-order valence-corrected chi connectivity index (χ1v) is 7.51. The lowest BCUT2D eigenvalue weighted by atomic mass is 9.96. The number of rotatable bonds is 5. The summed E-state index contributed by atoms with van der Waals surface area (Å²) >= 11 is 0. The molecule has 0 aliphatic carbocycles. The summed E-state index contributed by atoms with van der Waals surface area (Å²) in [6, 6.07) is -0.354. The van der Waals surface area contributed by atoms with Crippen LogP contribution in [0.1, 0.15) is 50.8 Å². The first-order chi connectivity index (χ1) is 9.63. The third kappa shape index (κ3) is 3.36. The number of piperidine rings is 1. The highest BCUT2D eigenvalue weighted by Gasteiger charge is 2.29. The third-order valence-electron chi connectivity index (χ3n) is 4.03. The fourth-order valence-electron chi connectivity index (χ4n) is 2.83. The lowest BCUT2D eigenvalue weighted by Gasteiger charge is -2.33. The zero-order chi connectivity index (χ0) is 14.5. The van der Waals surface area contributed by atoms with E-state index in [1.165, 1.54) is 0 Å². The van der Waals surface area contributed by atoms with Crippen LogP contribution in [-0.4, -0.2) is 44.7 Å². The minimum atomic E-state index is -0.354. The van der Waals surface area contributed by atoms with Crippen LogP contribution in [0.4, 0.5) is 0 Å². The van der Waals surface area contributed by atoms with Gasteiger partial charge in [0.1, 0.15) is 12.2 Å². The van der Waals surface area contributed by atoms with Crippen molar-refractivity contribution in [3.05, 3.63) is 12.2 Å². The number of nitrogens with zero attached hydrogens (tertiary/aromatic N) is 4. The molecule has 2 atom stereocenters. The number of carbonyl (C=O) groups excluding carboxylic acids is 1. The maximum atomic E-state index is 12.4. The summed E-state index contributed by atoms with van der Waals surface area (Å²) in [6.07, 6.45) is 6.63. The van der Waals surface area contributed by atoms with Gasteiger partial charge in [-0.05, 0) is 19.3 Å². The van der Waals surface area contributed by atoms with Gasteiger partial charge in [-0.25, -0.2) is 0 Å². The Balaban J connectivity index is 1.96. The van der Waals surface area contributed by atoms with Crippen LogP contribution in [0.3, 0.4) is 0 Å². The zero-order valence-electron chi connectivity index (χ0n) is 12.5. The Morgan fingerprint density at radius 2 is 2.40 bits per heavy atom. The van der Waals surface area contributed by atoms with Crippen molar-refractivity contribution < 1.29 is 4.79 Å². The van der Waals surface area contributed by atoms with E-state index in [0.717, 1.165) is 44.5 Å². The molecule has 6 heteroatoms. The number of hydrogen-bond donors (Lipinski definition) is 1. The predicted octanol–water partition coefficient (Wildman–Crippen LogP) is 1.04. The van der Waals surface area contributed by atoms with Crippen molar-refractivity contribution in [2.24, 2.45) is 12.8 Å². The van der Waals surface area contributed by atoms with E-state index in [1.807, 2.05) is 16.5 Å². The van der Waals surface area contributed by atoms with Gasteiger partial charge in [-0.1, -0.05) is 19.8 Å². The number of likely N-dealkylation sites (tertiary alicyclic amines) is 1. The summed E-state index contributed by atoms with van der Waals surface area (Å²) < 4.78 is 1.94. The normalized spacial score (nSPS) is 20.9. The summed E-state index contributed by atoms with van der Waals surface area (Å²) in [5, 5.41) is 8.10. The average molecular weight is 279 g/mol. The Bertz CT molecular complexity index is 445. The highest BCUT2D eigenvalue weighted by Crippen LogP contribution is 2.25. The van der Waals surface area contributed by atoms with Crippen LogP contribution in [0.2, 0.25) is 0 Å². The van der Waals surface area contributed by atoms with Crippen LogP contribution < -0.4 is 5.73 Å². The molecule has 1 aromatic heterocycles. The summed E-state index contributed by atoms with van der Waals surface area (Å²) in [7, 11) is 1.95. The molecular formula is C14H25N5O. The summed E-state index contributed by atoms with van der Waals surface area (Å²) in [6.45, 7) is 3.64. The molecular weight excluding hydrogens is 254 g/mol. The van der Waals surface area contributed by atoms with Crippen LogP contribution >= 0.6 is 0 Å². The van der Waals surface area contributed by atoms with Crippen LogP contribution in [0.25, 0.3) is 0 Å². The summed E-state index contributed by atoms with van der Waals surface area (Å²) in [5.74, 6) is 1.33. The molecule has 1 fully saturated rings. The number of aryl methyl sites for hydroxylation is 1. The van der Waals surface area contributed by atoms with Gasteiger partial charge in [0.15, 0.2) is 0 Å². The SMILES string of the molecule is CCCCC(N)C(=O)N1CCCC(c2nncn2C)C1. The number of aromatic nitrogens is 3. The zero-order valence-corrected chi connectivity index (χ0v) is 12.5. The van der Waals surface area contributed by atoms with Crippen molar-refractivity contribution in [2.45, 2.75) is 51.0 Å². The Morgan fingerprint density at radius 3 is 3.05 bits per heavy atom. The second-order valence-electron chi connectivity index (χ2n) is 5.67. The fourth-order valence-corrected chi connectivity index (χ4v) is 2.83. The molecule has 1 aromatic rings. The Labute approximate surface area is 120 Å². The van der Waals surface area contributed by atoms with Crippen LogP contribution in [0, 0.1) is 0 Å². The molecule has 1 saturated heterocycles. The lowest BCUT2D eigenvalue weighted by Crippen LogP contribution is -2.47. The van der Waals surface area contributed by atoms with Crippen molar-refractivity contribution >= 4 is 5.91 Å². The maximum absolute atomic E-state index is 12.4. The highest BCUT2D eigenvalue weighted by atomic mass is 16.2. The molecule has 0 bridgehead atoms. The average Bonchev–Trinajstić information content (AvgIpc) is 2.90. The van der Waals surface area contributed by atoms with Crippen molar-refractivity contribution in [1.29, 1.82) is 0 Å². The monoisotopic (exact) mass is 279 g/mol. The molecule has 6 nitrogen and oxygen atoms in total. The van der Waals surface area contributed by atoms with Gasteiger partial charge >= 0.3 is 0 Å². The van der Waals surface area contributed by atoms with E-state index in [0.29, 0.717) is 6.54 Å². The predicted molar refractivity (Wildman–Crippen MR) is 77.1 cm³/mol. The molecule has 2 N–H and O–H groups in total. The number of amides is 1. The molecule has 0 spiro atoms. The molecule has 0 saturated carbocycles. The van der Waals surface area contributed by atoms with E-state index in [4.69, 9.17) is 5.73 Å². The van der Waals surface area contributed by atoms with Crippen molar-refractivity contribution in [1.82, 2.24) is 19.7 Å². The number of carbonyl (C=O) groups is 1. The first kappa shape index (κ1) is 15.0. The Kier molecular flexibility index (Phi) is 5.11. The lowest BCUT2D eigenvalue weighted by molar-refractivity contribution is -0.134. The summed E-state index contributed by atoms with van der Waals surface area (Å²) in [5.41, 5.74) is 6.00. The highest BCUT2D eigenvalue weighted by molar-refractivity contribution is 5.81. The van der Waals surface area contributed by atoms with E-state index in [9.17, 15) is 4.79 Å². The van der Waals surface area contributed by atoms with Gasteiger partial charge in [-0.2, -0.15) is 0 Å². The van der Waals surface area contributed by atoms with Gasteiger partial charge in [0.25, 0.3) is 0 Å². The van der Waals surface area contributed by atoms with Crippen LogP contribution in [0.5, 0.6) is 0 Å². The standard InChI is InChI=1S/C14H25N5O/c1-3-4-7-12(15)14(20)19-8-5-6-11(9-19)13-17-16-10-18(13)2/h10-12H,3-9,15H2,1-2H3. The van der Waals surface area contributed by atoms with Crippen molar-refractivity contribution in [3.63, 3.8) is 0 Å². The molecule has 112 valence electrons. The molecule has 1 aliphatic rings. The van der Waals surface area contributed by atoms with Gasteiger partial charge in [0, 0.05) is 26.1 Å². The Morgan fingerprint density at radius 1 is 1.60 bits per heavy atom. The Hall–Kier alpha value is -1.43. The topological polar surface area (TPSA) is 77.0 Å². The van der Waals surface area contributed by atoms with Gasteiger partial charge < -0.3 is 15.2 Å². The fraction of sp³-hybridized carbons (Fsp3) is 0.786. The minimum absolute atomic E-state index is 0.0883. The number of unbranched alkanes of at least 4 members (excludes halogenated alkanes) is 1. The molecule has 2 heterocycles. The summed E-state index contributed by atoms with van der Waals surface area (Å²) in [4.78, 5) is 14.3. The molecule has 20 heavy (non-hydrogen) atoms. The first-order valence-electron chi connectivity index (χ1n) is 7.51. The van der Waals surface area contributed by atoms with E-state index in [-0.39, 0.29) is 17.9 Å².